The Morgan fingerprint density at radius 3 is 0.804 bits per heavy atom. The van der Waals surface area contributed by atoms with Gasteiger partial charge in [0.2, 0.25) is 0 Å². The summed E-state index contributed by atoms with van der Waals surface area (Å²) in [4.78, 5) is 75.8. The molecule has 6 N–H and O–H groups in total. The van der Waals surface area contributed by atoms with Crippen molar-refractivity contribution in [3.05, 3.63) is 142 Å². The van der Waals surface area contributed by atoms with Gasteiger partial charge in [0, 0.05) is 83.9 Å². The van der Waals surface area contributed by atoms with Crippen molar-refractivity contribution < 1.29 is 38.1 Å². The smallest absolute Gasteiger partial charge is 0.253 e. The number of methoxy groups -OCH3 is 4. The van der Waals surface area contributed by atoms with Crippen LogP contribution in [0.2, 0.25) is 0 Å². The van der Waals surface area contributed by atoms with E-state index in [1.54, 1.807) is 64.1 Å². The highest BCUT2D eigenvalue weighted by Gasteiger charge is 2.30. The molecule has 0 saturated heterocycles. The Hall–Kier alpha value is -8.80. The average molecular weight is 1240 g/mol. The molecule has 0 saturated carbocycles. The number of hydrogen-bond acceptors (Lipinski definition) is 10. The van der Waals surface area contributed by atoms with E-state index in [1.807, 2.05) is 48.6 Å². The number of carbonyl (C=O) groups excluding carboxylic acids is 4. The molecule has 4 aromatic carbocycles. The van der Waals surface area contributed by atoms with Crippen LogP contribution in [0.25, 0.3) is 90.9 Å². The highest BCUT2D eigenvalue weighted by molar-refractivity contribution is 6.11. The fourth-order valence-corrected chi connectivity index (χ4v) is 11.0. The first-order valence-corrected chi connectivity index (χ1v) is 31.3. The number of nitrogens with zero attached hydrogens (tertiary/aromatic N) is 2. The molecule has 7 aromatic rings. The second kappa shape index (κ2) is 26.4. The summed E-state index contributed by atoms with van der Waals surface area (Å²) in [7, 11) is 5.92. The van der Waals surface area contributed by atoms with Crippen LogP contribution >= 0.6 is 0 Å². The summed E-state index contributed by atoms with van der Waals surface area (Å²) in [6.45, 7) is 33.2. The standard InChI is InChI=1S/C76H90N8O8/c1-41(89-17)69(85)81-51-23-21-24-52(82-70(86)42(2)90-18)65(51)67-59-31-27-55(77-59)63(45-35-47(73(5,6)7)39-48(36-45)74(8,9)10)57-29-33-61(79-57)68(66-53(83-71(87)43(3)91-19)25-22-26-54(66)84-72(88)44(4)92-20)62-34-30-58(80-62)64(56-28-32-60(67)78-56)46-37-49(75(11,12)13)40-50(38-46)76(14,15)16/h21-44,77,80H,1-20H3,(H,81,85)(H,82,86)(H,83,87)(H,84,88)/t41-,42-,43-,44-/m0/s1. The monoisotopic (exact) mass is 1240 g/mol. The van der Waals surface area contributed by atoms with Crippen molar-refractivity contribution in [1.29, 1.82) is 0 Å². The van der Waals surface area contributed by atoms with Gasteiger partial charge in [-0.05, 0) is 156 Å². The Balaban J connectivity index is 1.58. The van der Waals surface area contributed by atoms with Crippen LogP contribution in [0.3, 0.4) is 0 Å². The van der Waals surface area contributed by atoms with E-state index >= 15 is 0 Å². The second-order valence-corrected chi connectivity index (χ2v) is 28.0. The topological polar surface area (TPSA) is 211 Å². The van der Waals surface area contributed by atoms with Crippen LogP contribution in [-0.2, 0) is 59.8 Å². The van der Waals surface area contributed by atoms with Crippen molar-refractivity contribution in [2.45, 2.75) is 157 Å². The van der Waals surface area contributed by atoms with Crippen molar-refractivity contribution in [2.24, 2.45) is 0 Å². The lowest BCUT2D eigenvalue weighted by Gasteiger charge is -2.26. The molecular formula is C76H90N8O8. The largest absolute Gasteiger partial charge is 0.372 e. The maximum atomic E-state index is 14.1. The maximum Gasteiger partial charge on any atom is 0.253 e. The molecule has 0 spiro atoms. The number of aromatic nitrogens is 4. The Kier molecular flexibility index (Phi) is 19.4. The first-order valence-electron chi connectivity index (χ1n) is 31.3. The lowest BCUT2D eigenvalue weighted by molar-refractivity contribution is -0.125. The zero-order chi connectivity index (χ0) is 67.1. The number of hydrogen-bond donors (Lipinski definition) is 6. The zero-order valence-electron chi connectivity index (χ0n) is 57.0. The summed E-state index contributed by atoms with van der Waals surface area (Å²) in [6.07, 6.45) is 4.59. The van der Waals surface area contributed by atoms with E-state index in [0.29, 0.717) is 89.8 Å². The summed E-state index contributed by atoms with van der Waals surface area (Å²) < 4.78 is 22.2. The molecule has 4 amide bonds. The Bertz CT molecular complexity index is 3850. The van der Waals surface area contributed by atoms with Crippen LogP contribution in [0.4, 0.5) is 22.7 Å². The normalized spacial score (nSPS) is 14.0. The average Bonchev–Trinajstić information content (AvgIpc) is 1.55. The first-order chi connectivity index (χ1) is 43.2. The molecule has 0 fully saturated rings. The molecule has 0 aliphatic carbocycles. The molecule has 92 heavy (non-hydrogen) atoms. The molecule has 4 atom stereocenters. The van der Waals surface area contributed by atoms with Gasteiger partial charge in [-0.15, -0.1) is 0 Å². The van der Waals surface area contributed by atoms with Gasteiger partial charge in [-0.2, -0.15) is 0 Å². The quantitative estimate of drug-likeness (QED) is 0.0539. The van der Waals surface area contributed by atoms with Gasteiger partial charge in [-0.3, -0.25) is 19.2 Å². The van der Waals surface area contributed by atoms with Gasteiger partial charge < -0.3 is 50.2 Å². The number of aromatic amines is 2. The van der Waals surface area contributed by atoms with Crippen LogP contribution in [-0.4, -0.2) is 96.4 Å². The lowest BCUT2D eigenvalue weighted by atomic mass is 9.78. The number of anilines is 4. The van der Waals surface area contributed by atoms with Crippen molar-refractivity contribution in [2.75, 3.05) is 49.7 Å². The molecule has 0 radical (unpaired) electrons. The van der Waals surface area contributed by atoms with Gasteiger partial charge in [0.1, 0.15) is 24.4 Å². The number of nitrogens with one attached hydrogen (secondary N) is 6. The van der Waals surface area contributed by atoms with Gasteiger partial charge in [0.25, 0.3) is 23.6 Å². The number of benzene rings is 4. The van der Waals surface area contributed by atoms with Crippen LogP contribution in [0.1, 0.15) is 156 Å². The van der Waals surface area contributed by atoms with Gasteiger partial charge in [-0.1, -0.05) is 132 Å². The number of H-pyrrole nitrogens is 2. The number of amides is 4. The van der Waals surface area contributed by atoms with Gasteiger partial charge in [0.15, 0.2) is 0 Å². The summed E-state index contributed by atoms with van der Waals surface area (Å²) in [5.74, 6) is -1.62. The van der Waals surface area contributed by atoms with Crippen molar-refractivity contribution in [3.63, 3.8) is 0 Å². The van der Waals surface area contributed by atoms with E-state index in [1.165, 1.54) is 28.4 Å². The van der Waals surface area contributed by atoms with Gasteiger partial charge >= 0.3 is 0 Å². The molecule has 2 aliphatic heterocycles. The second-order valence-electron chi connectivity index (χ2n) is 28.0. The van der Waals surface area contributed by atoms with Crippen LogP contribution < -0.4 is 21.3 Å². The Morgan fingerprint density at radius 1 is 0.348 bits per heavy atom. The van der Waals surface area contributed by atoms with E-state index in [-0.39, 0.29) is 21.7 Å². The fraction of sp³-hybridized carbons (Fsp3) is 0.368. The summed E-state index contributed by atoms with van der Waals surface area (Å²) in [5, 5.41) is 12.6. The van der Waals surface area contributed by atoms with E-state index in [9.17, 15) is 19.2 Å². The minimum atomic E-state index is -0.836. The molecule has 2 aliphatic rings. The lowest BCUT2D eigenvalue weighted by Crippen LogP contribution is -2.28. The third kappa shape index (κ3) is 14.3. The Morgan fingerprint density at radius 2 is 0.576 bits per heavy atom. The van der Waals surface area contributed by atoms with Crippen molar-refractivity contribution in [3.8, 4) is 44.5 Å². The number of carbonyl (C=O) groups is 4. The third-order valence-corrected chi connectivity index (χ3v) is 17.2. The molecule has 3 aromatic heterocycles. The van der Waals surface area contributed by atoms with E-state index in [0.717, 1.165) is 44.5 Å². The molecule has 8 bridgehead atoms. The molecule has 0 unspecified atom stereocenters. The van der Waals surface area contributed by atoms with Crippen molar-refractivity contribution >= 4 is 92.7 Å². The molecule has 16 heteroatoms. The van der Waals surface area contributed by atoms with Crippen LogP contribution in [0.5, 0.6) is 0 Å². The predicted molar refractivity (Wildman–Crippen MR) is 376 cm³/mol. The predicted octanol–water partition coefficient (Wildman–Crippen LogP) is 16.4. The molecule has 482 valence electrons. The minimum Gasteiger partial charge on any atom is -0.372 e. The Labute approximate surface area is 541 Å². The number of fused-ring (bicyclic) bond motifs is 8. The summed E-state index contributed by atoms with van der Waals surface area (Å²) >= 11 is 0. The molecule has 16 nitrogen and oxygen atoms in total. The van der Waals surface area contributed by atoms with E-state index < -0.39 is 48.0 Å². The summed E-state index contributed by atoms with van der Waals surface area (Å²) in [5.41, 5.74) is 15.0. The minimum absolute atomic E-state index is 0.280. The molecule has 5 heterocycles. The maximum absolute atomic E-state index is 14.1. The molecular weight excluding hydrogens is 1150 g/mol. The number of ether oxygens (including phenoxy) is 4. The SMILES string of the molecule is CO[C@@H](C)C(=O)Nc1cccc(NC(=O)[C@H](C)OC)c1-c1c2nc(c(-c3cc(C(C)(C)C)cc(C(C)(C)C)c3)c3ccc([nH]3)c(-c3c(NC(=O)[C@H](C)OC)cccc3NC(=O)[C@H](C)OC)c3nc(c(-c4cc(C(C)(C)C)cc(C(C)(C)C)c4)c4ccc1[nH]4)C=C3)C=C2. The van der Waals surface area contributed by atoms with Crippen LogP contribution in [0, 0.1) is 0 Å². The van der Waals surface area contributed by atoms with E-state index in [2.05, 4.69) is 151 Å². The number of rotatable bonds is 16. The van der Waals surface area contributed by atoms with Crippen molar-refractivity contribution in [1.82, 2.24) is 19.9 Å². The zero-order valence-corrected chi connectivity index (χ0v) is 57.0. The van der Waals surface area contributed by atoms with E-state index in [4.69, 9.17) is 28.9 Å². The summed E-state index contributed by atoms with van der Waals surface area (Å²) in [6, 6.07) is 32.3. The highest BCUT2D eigenvalue weighted by atomic mass is 16.5. The van der Waals surface area contributed by atoms with Gasteiger partial charge in [-0.25, -0.2) is 9.97 Å². The highest BCUT2D eigenvalue weighted by Crippen LogP contribution is 2.47. The van der Waals surface area contributed by atoms with Crippen LogP contribution in [0.15, 0.2) is 97.1 Å². The fourth-order valence-electron chi connectivity index (χ4n) is 11.0. The molecule has 9 rings (SSSR count). The third-order valence-electron chi connectivity index (χ3n) is 17.2. The first kappa shape index (κ1) is 67.6. The van der Waals surface area contributed by atoms with Gasteiger partial charge in [0.05, 0.1) is 45.5 Å².